The first-order chi connectivity index (χ1) is 8.60. The summed E-state index contributed by atoms with van der Waals surface area (Å²) in [6.07, 6.45) is 0.256. The molecule has 2 rings (SSSR count). The molecule has 0 radical (unpaired) electrons. The zero-order valence-electron chi connectivity index (χ0n) is 10.6. The Labute approximate surface area is 114 Å². The van der Waals surface area contributed by atoms with Gasteiger partial charge in [-0.05, 0) is 26.8 Å². The third-order valence-electron chi connectivity index (χ3n) is 2.45. The highest BCUT2D eigenvalue weighted by Gasteiger charge is 2.12. The van der Waals surface area contributed by atoms with E-state index in [9.17, 15) is 4.79 Å². The van der Waals surface area contributed by atoms with E-state index in [1.54, 1.807) is 22.7 Å². The Bertz CT molecular complexity index is 557. The summed E-state index contributed by atoms with van der Waals surface area (Å²) in [6.45, 7) is 6.41. The normalized spacial score (nSPS) is 10.6. The van der Waals surface area contributed by atoms with Gasteiger partial charge in [0.05, 0.1) is 18.7 Å². The van der Waals surface area contributed by atoms with Crippen LogP contribution in [0.25, 0.3) is 10.6 Å². The summed E-state index contributed by atoms with van der Waals surface area (Å²) in [5.41, 5.74) is 1.97. The van der Waals surface area contributed by atoms with Crippen LogP contribution >= 0.6 is 22.7 Å². The van der Waals surface area contributed by atoms with Gasteiger partial charge >= 0.3 is 5.97 Å². The SMILES string of the molecule is CCOC(=O)Cc1csc(-c2cc(C)sc2C)n1. The van der Waals surface area contributed by atoms with E-state index in [2.05, 4.69) is 24.9 Å². The molecule has 2 aromatic rings. The van der Waals surface area contributed by atoms with Gasteiger partial charge in [0.2, 0.25) is 0 Å². The van der Waals surface area contributed by atoms with E-state index in [1.165, 1.54) is 15.3 Å². The average Bonchev–Trinajstić information content (AvgIpc) is 2.85. The van der Waals surface area contributed by atoms with Crippen molar-refractivity contribution in [3.05, 3.63) is 26.9 Å². The summed E-state index contributed by atoms with van der Waals surface area (Å²) >= 11 is 3.35. The van der Waals surface area contributed by atoms with E-state index in [4.69, 9.17) is 4.74 Å². The van der Waals surface area contributed by atoms with E-state index >= 15 is 0 Å². The van der Waals surface area contributed by atoms with E-state index < -0.39 is 0 Å². The second-order valence-electron chi connectivity index (χ2n) is 3.95. The number of thiazole rings is 1. The molecule has 0 N–H and O–H groups in total. The Morgan fingerprint density at radius 2 is 2.22 bits per heavy atom. The van der Waals surface area contributed by atoms with Crippen LogP contribution in [0.1, 0.15) is 22.4 Å². The number of nitrogens with zero attached hydrogens (tertiary/aromatic N) is 1. The van der Waals surface area contributed by atoms with Crippen LogP contribution in [0.15, 0.2) is 11.4 Å². The molecule has 0 aliphatic heterocycles. The quantitative estimate of drug-likeness (QED) is 0.804. The van der Waals surface area contributed by atoms with Crippen LogP contribution in [-0.2, 0) is 16.0 Å². The zero-order chi connectivity index (χ0) is 13.1. The van der Waals surface area contributed by atoms with Gasteiger partial charge in [0.1, 0.15) is 5.01 Å². The number of carbonyl (C=O) groups is 1. The van der Waals surface area contributed by atoms with Gasteiger partial charge in [-0.1, -0.05) is 0 Å². The third kappa shape index (κ3) is 2.97. The van der Waals surface area contributed by atoms with Crippen molar-refractivity contribution in [1.29, 1.82) is 0 Å². The number of aryl methyl sites for hydroxylation is 2. The molecule has 2 aromatic heterocycles. The van der Waals surface area contributed by atoms with E-state index in [0.29, 0.717) is 6.61 Å². The van der Waals surface area contributed by atoms with Gasteiger partial charge in [0.25, 0.3) is 0 Å². The summed E-state index contributed by atoms with van der Waals surface area (Å²) in [7, 11) is 0. The molecule has 96 valence electrons. The predicted molar refractivity (Wildman–Crippen MR) is 75.2 cm³/mol. The van der Waals surface area contributed by atoms with Crippen molar-refractivity contribution in [2.45, 2.75) is 27.2 Å². The summed E-state index contributed by atoms with van der Waals surface area (Å²) in [6, 6.07) is 2.15. The Morgan fingerprint density at radius 3 is 2.83 bits per heavy atom. The molecule has 5 heteroatoms. The first-order valence-corrected chi connectivity index (χ1v) is 7.47. The molecule has 0 aliphatic carbocycles. The predicted octanol–water partition coefficient (Wildman–Crippen LogP) is 3.59. The molecule has 18 heavy (non-hydrogen) atoms. The van der Waals surface area contributed by atoms with Crippen LogP contribution < -0.4 is 0 Å². The van der Waals surface area contributed by atoms with Gasteiger partial charge in [-0.2, -0.15) is 0 Å². The number of thiophene rings is 1. The lowest BCUT2D eigenvalue weighted by Crippen LogP contribution is -2.07. The lowest BCUT2D eigenvalue weighted by atomic mass is 10.2. The van der Waals surface area contributed by atoms with Crippen LogP contribution in [-0.4, -0.2) is 17.6 Å². The van der Waals surface area contributed by atoms with Crippen LogP contribution in [0.3, 0.4) is 0 Å². The molecular formula is C13H15NO2S2. The topological polar surface area (TPSA) is 39.2 Å². The van der Waals surface area contributed by atoms with Crippen molar-refractivity contribution in [3.63, 3.8) is 0 Å². The monoisotopic (exact) mass is 281 g/mol. The molecule has 2 heterocycles. The zero-order valence-corrected chi connectivity index (χ0v) is 12.3. The minimum Gasteiger partial charge on any atom is -0.466 e. The summed E-state index contributed by atoms with van der Waals surface area (Å²) in [4.78, 5) is 18.4. The summed E-state index contributed by atoms with van der Waals surface area (Å²) in [5.74, 6) is -0.215. The van der Waals surface area contributed by atoms with Crippen molar-refractivity contribution in [2.75, 3.05) is 6.61 Å². The lowest BCUT2D eigenvalue weighted by Gasteiger charge is -1.98. The molecule has 0 atom stereocenters. The number of aromatic nitrogens is 1. The van der Waals surface area contributed by atoms with Gasteiger partial charge in [-0.15, -0.1) is 22.7 Å². The van der Waals surface area contributed by atoms with Gasteiger partial charge in [-0.25, -0.2) is 4.98 Å². The number of carbonyl (C=O) groups excluding carboxylic acids is 1. The molecular weight excluding hydrogens is 266 g/mol. The fourth-order valence-electron chi connectivity index (χ4n) is 1.71. The summed E-state index contributed by atoms with van der Waals surface area (Å²) in [5, 5.41) is 2.91. The third-order valence-corrected chi connectivity index (χ3v) is 4.34. The first-order valence-electron chi connectivity index (χ1n) is 5.77. The highest BCUT2D eigenvalue weighted by Crippen LogP contribution is 2.32. The molecule has 0 spiro atoms. The second kappa shape index (κ2) is 5.63. The van der Waals surface area contributed by atoms with Crippen LogP contribution in [0.5, 0.6) is 0 Å². The van der Waals surface area contributed by atoms with Gasteiger partial charge in [0, 0.05) is 20.7 Å². The van der Waals surface area contributed by atoms with Gasteiger partial charge in [0.15, 0.2) is 0 Å². The highest BCUT2D eigenvalue weighted by molar-refractivity contribution is 7.15. The molecule has 3 nitrogen and oxygen atoms in total. The van der Waals surface area contributed by atoms with Crippen LogP contribution in [0, 0.1) is 13.8 Å². The minimum atomic E-state index is -0.215. The number of esters is 1. The van der Waals surface area contributed by atoms with E-state index in [-0.39, 0.29) is 12.4 Å². The number of hydrogen-bond donors (Lipinski definition) is 0. The first kappa shape index (κ1) is 13.2. The second-order valence-corrected chi connectivity index (χ2v) is 6.27. The molecule has 0 amide bonds. The maximum atomic E-state index is 11.4. The molecule has 0 aromatic carbocycles. The fraction of sp³-hybridized carbons (Fsp3) is 0.385. The van der Waals surface area contributed by atoms with E-state index in [0.717, 1.165) is 10.7 Å². The Balaban J connectivity index is 2.15. The molecule has 0 saturated carbocycles. The highest BCUT2D eigenvalue weighted by atomic mass is 32.1. The van der Waals surface area contributed by atoms with Crippen molar-refractivity contribution in [3.8, 4) is 10.6 Å². The van der Waals surface area contributed by atoms with Crippen molar-refractivity contribution >= 4 is 28.6 Å². The maximum Gasteiger partial charge on any atom is 0.311 e. The Morgan fingerprint density at radius 1 is 1.44 bits per heavy atom. The van der Waals surface area contributed by atoms with Crippen molar-refractivity contribution in [1.82, 2.24) is 4.98 Å². The number of ether oxygens (including phenoxy) is 1. The van der Waals surface area contributed by atoms with Crippen LogP contribution in [0.2, 0.25) is 0 Å². The minimum absolute atomic E-state index is 0.215. The fourth-order valence-corrected chi connectivity index (χ4v) is 3.60. The van der Waals surface area contributed by atoms with Gasteiger partial charge in [-0.3, -0.25) is 4.79 Å². The maximum absolute atomic E-state index is 11.4. The largest absolute Gasteiger partial charge is 0.466 e. The molecule has 0 unspecified atom stereocenters. The lowest BCUT2D eigenvalue weighted by molar-refractivity contribution is -0.142. The number of rotatable bonds is 4. The Kier molecular flexibility index (Phi) is 4.14. The Hall–Kier alpha value is -1.20. The van der Waals surface area contributed by atoms with Crippen molar-refractivity contribution < 1.29 is 9.53 Å². The molecule has 0 bridgehead atoms. The molecule has 0 aliphatic rings. The summed E-state index contributed by atoms with van der Waals surface area (Å²) < 4.78 is 4.92. The number of hydrogen-bond acceptors (Lipinski definition) is 5. The van der Waals surface area contributed by atoms with Crippen LogP contribution in [0.4, 0.5) is 0 Å². The molecule has 0 fully saturated rings. The standard InChI is InChI=1S/C13H15NO2S2/c1-4-16-12(15)6-10-7-17-13(14-10)11-5-8(2)18-9(11)3/h5,7H,4,6H2,1-3H3. The molecule has 0 saturated heterocycles. The average molecular weight is 281 g/mol. The van der Waals surface area contributed by atoms with Crippen molar-refractivity contribution in [2.24, 2.45) is 0 Å². The van der Waals surface area contributed by atoms with Gasteiger partial charge < -0.3 is 4.74 Å². The smallest absolute Gasteiger partial charge is 0.311 e. The van der Waals surface area contributed by atoms with E-state index in [1.807, 2.05) is 12.3 Å².